The second-order valence-electron chi connectivity index (χ2n) is 6.27. The monoisotopic (exact) mass is 320 g/mol. The molecule has 0 radical (unpaired) electrons. The molecule has 1 aromatic carbocycles. The van der Waals surface area contributed by atoms with E-state index in [0.717, 1.165) is 40.0 Å². The van der Waals surface area contributed by atoms with Crippen LogP contribution in [-0.2, 0) is 5.54 Å². The Kier molecular flexibility index (Phi) is 4.08. The van der Waals surface area contributed by atoms with Gasteiger partial charge in [0.05, 0.1) is 11.2 Å². The lowest BCUT2D eigenvalue weighted by atomic mass is 9.78. The number of nitrogens with zero attached hydrogens (tertiary/aromatic N) is 1. The molecule has 1 fully saturated rings. The van der Waals surface area contributed by atoms with Gasteiger partial charge in [0.15, 0.2) is 0 Å². The average molecular weight is 321 g/mol. The summed E-state index contributed by atoms with van der Waals surface area (Å²) in [5.41, 5.74) is 8.52. The van der Waals surface area contributed by atoms with Crippen molar-refractivity contribution in [2.45, 2.75) is 45.1 Å². The van der Waals surface area contributed by atoms with Gasteiger partial charge in [0.2, 0.25) is 0 Å². The molecule has 1 heterocycles. The Morgan fingerprint density at radius 1 is 1.33 bits per heavy atom. The van der Waals surface area contributed by atoms with Crippen molar-refractivity contribution in [1.29, 1.82) is 0 Å². The maximum absolute atomic E-state index is 6.65. The van der Waals surface area contributed by atoms with Gasteiger partial charge in [-0.3, -0.25) is 0 Å². The lowest BCUT2D eigenvalue weighted by Gasteiger charge is -2.34. The van der Waals surface area contributed by atoms with E-state index in [0.29, 0.717) is 0 Å². The van der Waals surface area contributed by atoms with Gasteiger partial charge in [0.25, 0.3) is 0 Å². The minimum absolute atomic E-state index is 0.237. The minimum atomic E-state index is -0.237. The molecule has 0 aliphatic heterocycles. The van der Waals surface area contributed by atoms with Crippen molar-refractivity contribution in [3.8, 4) is 11.3 Å². The van der Waals surface area contributed by atoms with Crippen molar-refractivity contribution in [2.75, 3.05) is 0 Å². The van der Waals surface area contributed by atoms with Crippen molar-refractivity contribution in [3.63, 3.8) is 0 Å². The molecular formula is C17H21ClN2S. The van der Waals surface area contributed by atoms with Crippen LogP contribution < -0.4 is 5.73 Å². The molecule has 1 aliphatic rings. The van der Waals surface area contributed by atoms with Crippen LogP contribution in [0.25, 0.3) is 11.3 Å². The highest BCUT2D eigenvalue weighted by molar-refractivity contribution is 7.12. The van der Waals surface area contributed by atoms with Crippen molar-refractivity contribution in [3.05, 3.63) is 39.2 Å². The first-order valence-corrected chi connectivity index (χ1v) is 8.70. The van der Waals surface area contributed by atoms with E-state index in [2.05, 4.69) is 19.9 Å². The molecule has 0 saturated heterocycles. The van der Waals surface area contributed by atoms with E-state index in [1.54, 1.807) is 11.3 Å². The van der Waals surface area contributed by atoms with Gasteiger partial charge < -0.3 is 5.73 Å². The van der Waals surface area contributed by atoms with Gasteiger partial charge in [0.1, 0.15) is 5.01 Å². The molecule has 2 aromatic rings. The first-order chi connectivity index (χ1) is 9.98. The molecule has 0 amide bonds. The van der Waals surface area contributed by atoms with Crippen LogP contribution in [0.3, 0.4) is 0 Å². The van der Waals surface area contributed by atoms with Crippen LogP contribution in [0.2, 0.25) is 5.02 Å². The first-order valence-electron chi connectivity index (χ1n) is 7.51. The zero-order valence-electron chi connectivity index (χ0n) is 12.5. The lowest BCUT2D eigenvalue weighted by Crippen LogP contribution is -2.40. The Morgan fingerprint density at radius 3 is 2.71 bits per heavy atom. The largest absolute Gasteiger partial charge is 0.319 e. The van der Waals surface area contributed by atoms with E-state index >= 15 is 0 Å². The fourth-order valence-corrected chi connectivity index (χ4v) is 4.29. The maximum Gasteiger partial charge on any atom is 0.113 e. The number of aryl methyl sites for hydroxylation is 1. The number of nitrogens with two attached hydrogens (primary N) is 1. The predicted molar refractivity (Wildman–Crippen MR) is 90.8 cm³/mol. The number of benzene rings is 1. The van der Waals surface area contributed by atoms with Crippen LogP contribution in [-0.4, -0.2) is 4.98 Å². The second-order valence-corrected chi connectivity index (χ2v) is 7.91. The average Bonchev–Trinajstić information content (AvgIpc) is 2.85. The molecule has 0 atom stereocenters. The van der Waals surface area contributed by atoms with Crippen LogP contribution >= 0.6 is 22.9 Å². The van der Waals surface area contributed by atoms with E-state index in [1.807, 2.05) is 18.2 Å². The minimum Gasteiger partial charge on any atom is -0.319 e. The molecule has 3 rings (SSSR count). The quantitative estimate of drug-likeness (QED) is 0.832. The van der Waals surface area contributed by atoms with Gasteiger partial charge in [-0.25, -0.2) is 4.98 Å². The molecule has 0 spiro atoms. The Labute approximate surface area is 135 Å². The highest BCUT2D eigenvalue weighted by Gasteiger charge is 2.35. The standard InChI is InChI=1S/C17H21ClN2S/c1-11-6-8-17(19,9-7-11)16-20-15(12(2)21-16)13-4-3-5-14(18)10-13/h3-5,10-11H,6-9,19H2,1-2H3. The molecule has 4 heteroatoms. The van der Waals surface area contributed by atoms with Crippen LogP contribution in [0.1, 0.15) is 42.5 Å². The number of aromatic nitrogens is 1. The highest BCUT2D eigenvalue weighted by Crippen LogP contribution is 2.41. The summed E-state index contributed by atoms with van der Waals surface area (Å²) in [6.07, 6.45) is 4.47. The normalized spacial score (nSPS) is 26.0. The molecule has 0 unspecified atom stereocenters. The Balaban J connectivity index is 1.94. The molecule has 1 saturated carbocycles. The van der Waals surface area contributed by atoms with Crippen molar-refractivity contribution in [1.82, 2.24) is 4.98 Å². The molecule has 2 nitrogen and oxygen atoms in total. The fraction of sp³-hybridized carbons (Fsp3) is 0.471. The number of rotatable bonds is 2. The smallest absolute Gasteiger partial charge is 0.113 e. The van der Waals surface area contributed by atoms with Gasteiger partial charge in [-0.1, -0.05) is 30.7 Å². The second kappa shape index (κ2) is 5.71. The fourth-order valence-electron chi connectivity index (χ4n) is 3.00. The molecular weight excluding hydrogens is 300 g/mol. The summed E-state index contributed by atoms with van der Waals surface area (Å²) in [6.45, 7) is 4.43. The molecule has 0 bridgehead atoms. The molecule has 1 aromatic heterocycles. The van der Waals surface area contributed by atoms with Crippen molar-refractivity contribution < 1.29 is 0 Å². The molecule has 2 N–H and O–H groups in total. The third-order valence-corrected chi connectivity index (χ3v) is 5.91. The Bertz CT molecular complexity index is 642. The highest BCUT2D eigenvalue weighted by atomic mass is 35.5. The molecule has 112 valence electrons. The Hall–Kier alpha value is -0.900. The summed E-state index contributed by atoms with van der Waals surface area (Å²) in [5.74, 6) is 0.787. The molecule has 21 heavy (non-hydrogen) atoms. The number of halogens is 1. The summed E-state index contributed by atoms with van der Waals surface area (Å²) in [7, 11) is 0. The summed E-state index contributed by atoms with van der Waals surface area (Å²) < 4.78 is 0. The van der Waals surface area contributed by atoms with Crippen LogP contribution in [0.5, 0.6) is 0 Å². The van der Waals surface area contributed by atoms with Crippen LogP contribution in [0.15, 0.2) is 24.3 Å². The van der Waals surface area contributed by atoms with Gasteiger partial charge in [0, 0.05) is 15.5 Å². The van der Waals surface area contributed by atoms with E-state index < -0.39 is 0 Å². The predicted octanol–water partition coefficient (Wildman–Crippen LogP) is 5.14. The van der Waals surface area contributed by atoms with E-state index in [-0.39, 0.29) is 5.54 Å². The number of hydrogen-bond acceptors (Lipinski definition) is 3. The number of hydrogen-bond donors (Lipinski definition) is 1. The zero-order valence-corrected chi connectivity index (χ0v) is 14.1. The summed E-state index contributed by atoms with van der Waals surface area (Å²) in [4.78, 5) is 6.09. The lowest BCUT2D eigenvalue weighted by molar-refractivity contribution is 0.247. The SMILES string of the molecule is Cc1sc(C2(N)CCC(C)CC2)nc1-c1cccc(Cl)c1. The first kappa shape index (κ1) is 15.0. The molecule has 1 aliphatic carbocycles. The van der Waals surface area contributed by atoms with E-state index in [1.165, 1.54) is 17.7 Å². The van der Waals surface area contributed by atoms with E-state index in [9.17, 15) is 0 Å². The van der Waals surface area contributed by atoms with E-state index in [4.69, 9.17) is 22.3 Å². The third kappa shape index (κ3) is 3.01. The summed E-state index contributed by atoms with van der Waals surface area (Å²) in [5, 5.41) is 1.83. The van der Waals surface area contributed by atoms with Crippen LogP contribution in [0, 0.1) is 12.8 Å². The third-order valence-electron chi connectivity index (χ3n) is 4.49. The van der Waals surface area contributed by atoms with Crippen molar-refractivity contribution >= 4 is 22.9 Å². The summed E-state index contributed by atoms with van der Waals surface area (Å²) >= 11 is 7.84. The van der Waals surface area contributed by atoms with Gasteiger partial charge in [-0.05, 0) is 50.7 Å². The Morgan fingerprint density at radius 2 is 2.05 bits per heavy atom. The van der Waals surface area contributed by atoms with Crippen LogP contribution in [0.4, 0.5) is 0 Å². The van der Waals surface area contributed by atoms with Gasteiger partial charge in [-0.15, -0.1) is 11.3 Å². The summed E-state index contributed by atoms with van der Waals surface area (Å²) in [6, 6.07) is 7.89. The zero-order chi connectivity index (χ0) is 15.0. The van der Waals surface area contributed by atoms with Gasteiger partial charge in [-0.2, -0.15) is 0 Å². The number of thiazole rings is 1. The van der Waals surface area contributed by atoms with Gasteiger partial charge >= 0.3 is 0 Å². The maximum atomic E-state index is 6.65. The van der Waals surface area contributed by atoms with Crippen molar-refractivity contribution in [2.24, 2.45) is 11.7 Å². The topological polar surface area (TPSA) is 38.9 Å².